The van der Waals surface area contributed by atoms with Crippen molar-refractivity contribution in [2.75, 3.05) is 14.2 Å². The monoisotopic (exact) mass is 652 g/mol. The Morgan fingerprint density at radius 1 is 0.738 bits per heavy atom. The molecule has 0 saturated heterocycles. The molecule has 2 rings (SSSR count). The zero-order valence-corrected chi connectivity index (χ0v) is 27.5. The molecule has 0 saturated carbocycles. The minimum absolute atomic E-state index is 0. The van der Waals surface area contributed by atoms with Crippen LogP contribution in [0, 0.1) is 24.7 Å². The molecule has 2 atom stereocenters. The molecule has 0 heterocycles. The first-order valence-corrected chi connectivity index (χ1v) is 16.1. The molecule has 240 valence electrons. The summed E-state index contributed by atoms with van der Waals surface area (Å²) in [5.74, 6) is -0.911. The summed E-state index contributed by atoms with van der Waals surface area (Å²) in [6.07, 6.45) is -1.53. The third kappa shape index (κ3) is 12.8. The maximum absolute atomic E-state index is 12.1. The van der Waals surface area contributed by atoms with E-state index in [2.05, 4.69) is 9.47 Å². The molecular formula is C29H45ClO10S2. The number of aliphatic hydroxyl groups excluding tert-OH is 1. The van der Waals surface area contributed by atoms with Crippen LogP contribution >= 0.6 is 10.7 Å². The number of rotatable bonds is 8. The van der Waals surface area contributed by atoms with E-state index >= 15 is 0 Å². The number of methoxy groups -OCH3 is 2. The number of hydrogen-bond donors (Lipinski definition) is 1. The SMILES string of the molecule is C.COC(=O)C(C)(C)C(C)O.COC(=O)C(C)(C)C(C)OS(=O)(=O)c1ccc(C)cc1.Cc1ccc(S(=O)(=O)Cl)cc1. The lowest BCUT2D eigenvalue weighted by molar-refractivity contribution is -0.157. The fourth-order valence-corrected chi connectivity index (χ4v) is 4.61. The highest BCUT2D eigenvalue weighted by Gasteiger charge is 2.39. The smallest absolute Gasteiger partial charge is 0.313 e. The summed E-state index contributed by atoms with van der Waals surface area (Å²) in [5.41, 5.74) is 0.0994. The summed E-state index contributed by atoms with van der Waals surface area (Å²) >= 11 is 0. The van der Waals surface area contributed by atoms with Crippen molar-refractivity contribution in [2.45, 2.75) is 84.8 Å². The largest absolute Gasteiger partial charge is 0.469 e. The molecule has 0 bridgehead atoms. The topological polar surface area (TPSA) is 150 Å². The van der Waals surface area contributed by atoms with Gasteiger partial charge in [0, 0.05) is 10.7 Å². The van der Waals surface area contributed by atoms with E-state index in [9.17, 15) is 26.4 Å². The Bertz CT molecular complexity index is 1350. The zero-order valence-electron chi connectivity index (χ0n) is 25.1. The van der Waals surface area contributed by atoms with Gasteiger partial charge in [0.15, 0.2) is 0 Å². The molecule has 0 radical (unpaired) electrons. The van der Waals surface area contributed by atoms with Crippen LogP contribution in [0.1, 0.15) is 60.1 Å². The minimum Gasteiger partial charge on any atom is -0.469 e. The highest BCUT2D eigenvalue weighted by Crippen LogP contribution is 2.28. The van der Waals surface area contributed by atoms with Gasteiger partial charge in [-0.05, 0) is 79.7 Å². The quantitative estimate of drug-likeness (QED) is 0.223. The molecule has 0 aliphatic rings. The number of carbonyl (C=O) groups is 2. The van der Waals surface area contributed by atoms with Crippen molar-refractivity contribution in [2.24, 2.45) is 10.8 Å². The van der Waals surface area contributed by atoms with Crippen molar-refractivity contribution in [1.82, 2.24) is 0 Å². The lowest BCUT2D eigenvalue weighted by Gasteiger charge is -2.28. The van der Waals surface area contributed by atoms with Gasteiger partial charge in [0.2, 0.25) is 0 Å². The van der Waals surface area contributed by atoms with E-state index in [1.54, 1.807) is 58.9 Å². The fourth-order valence-electron chi connectivity index (χ4n) is 2.63. The van der Waals surface area contributed by atoms with Crippen LogP contribution < -0.4 is 0 Å². The average Bonchev–Trinajstić information content (AvgIpc) is 2.87. The van der Waals surface area contributed by atoms with Crippen LogP contribution in [0.3, 0.4) is 0 Å². The van der Waals surface area contributed by atoms with Crippen LogP contribution in [0.2, 0.25) is 0 Å². The van der Waals surface area contributed by atoms with E-state index in [0.29, 0.717) is 0 Å². The Morgan fingerprint density at radius 3 is 1.36 bits per heavy atom. The van der Waals surface area contributed by atoms with Gasteiger partial charge in [0.1, 0.15) is 0 Å². The highest BCUT2D eigenvalue weighted by molar-refractivity contribution is 8.13. The first kappa shape index (κ1) is 41.6. The number of halogens is 1. The standard InChI is InChI=1S/C14H20O5S.C7H7ClO2S.C7H14O3.CH4/c1-10-6-8-12(9-7-10)20(16,17)19-11(2)14(3,4)13(15)18-5;1-6-2-4-7(5-3-6)11(8,9)10;1-5(8)7(2,3)6(9)10-4;/h6-9,11H,1-5H3;2-5H,1H3;5,8H,1-4H3;1H4. The van der Waals surface area contributed by atoms with Crippen LogP contribution in [0.25, 0.3) is 0 Å². The highest BCUT2D eigenvalue weighted by atomic mass is 35.7. The van der Waals surface area contributed by atoms with Gasteiger partial charge in [-0.2, -0.15) is 8.42 Å². The molecule has 0 amide bonds. The summed E-state index contributed by atoms with van der Waals surface area (Å²) in [4.78, 5) is 22.7. The van der Waals surface area contributed by atoms with Crippen LogP contribution in [0.5, 0.6) is 0 Å². The van der Waals surface area contributed by atoms with E-state index in [-0.39, 0.29) is 23.2 Å². The van der Waals surface area contributed by atoms with E-state index < -0.39 is 48.2 Å². The lowest BCUT2D eigenvalue weighted by Crippen LogP contribution is -2.39. The van der Waals surface area contributed by atoms with Crippen molar-refractivity contribution in [3.8, 4) is 0 Å². The summed E-state index contributed by atoms with van der Waals surface area (Å²) in [5, 5.41) is 9.08. The molecule has 10 nitrogen and oxygen atoms in total. The molecule has 13 heteroatoms. The first-order chi connectivity index (χ1) is 18.5. The van der Waals surface area contributed by atoms with E-state index in [1.807, 2.05) is 13.8 Å². The number of aryl methyl sites for hydroxylation is 2. The van der Waals surface area contributed by atoms with Gasteiger partial charge in [0.25, 0.3) is 19.2 Å². The van der Waals surface area contributed by atoms with Gasteiger partial charge in [-0.3, -0.25) is 13.8 Å². The molecular weight excluding hydrogens is 608 g/mol. The molecule has 42 heavy (non-hydrogen) atoms. The predicted octanol–water partition coefficient (Wildman–Crippen LogP) is 5.41. The van der Waals surface area contributed by atoms with E-state index in [1.165, 1.54) is 45.4 Å². The predicted molar refractivity (Wildman–Crippen MR) is 163 cm³/mol. The molecule has 0 aliphatic heterocycles. The van der Waals surface area contributed by atoms with Gasteiger partial charge in [-0.1, -0.05) is 42.8 Å². The Balaban J connectivity index is 0. The normalized spacial score (nSPS) is 13.0. The number of esters is 2. The number of aliphatic hydroxyl groups is 1. The van der Waals surface area contributed by atoms with Crippen LogP contribution in [0.4, 0.5) is 0 Å². The van der Waals surface area contributed by atoms with Gasteiger partial charge in [-0.25, -0.2) is 8.42 Å². The van der Waals surface area contributed by atoms with Crippen molar-refractivity contribution >= 4 is 41.8 Å². The molecule has 2 aromatic rings. The second kappa shape index (κ2) is 17.0. The third-order valence-electron chi connectivity index (χ3n) is 6.37. The maximum atomic E-state index is 12.1. The number of benzene rings is 2. The maximum Gasteiger partial charge on any atom is 0.313 e. The summed E-state index contributed by atoms with van der Waals surface area (Å²) in [6, 6.07) is 12.7. The van der Waals surface area contributed by atoms with Crippen LogP contribution in [-0.2, 0) is 42.4 Å². The summed E-state index contributed by atoms with van der Waals surface area (Å²) < 4.78 is 60.0. The fraction of sp³-hybridized carbons (Fsp3) is 0.517. The van der Waals surface area contributed by atoms with Crippen molar-refractivity contribution in [3.05, 3.63) is 59.7 Å². The lowest BCUT2D eigenvalue weighted by atomic mass is 9.88. The second-order valence-corrected chi connectivity index (χ2v) is 14.5. The average molecular weight is 653 g/mol. The Morgan fingerprint density at radius 2 is 1.07 bits per heavy atom. The van der Waals surface area contributed by atoms with Gasteiger partial charge < -0.3 is 14.6 Å². The Labute approximate surface area is 255 Å². The number of hydrogen-bond acceptors (Lipinski definition) is 10. The second-order valence-electron chi connectivity index (χ2n) is 10.4. The van der Waals surface area contributed by atoms with Crippen LogP contribution in [0.15, 0.2) is 58.3 Å². The molecule has 0 spiro atoms. The van der Waals surface area contributed by atoms with E-state index in [4.69, 9.17) is 20.0 Å². The molecule has 2 unspecified atom stereocenters. The zero-order chi connectivity index (χ0) is 32.4. The summed E-state index contributed by atoms with van der Waals surface area (Å²) in [6.45, 7) is 13.3. The van der Waals surface area contributed by atoms with Crippen molar-refractivity contribution in [1.29, 1.82) is 0 Å². The van der Waals surface area contributed by atoms with Gasteiger partial charge >= 0.3 is 11.9 Å². The van der Waals surface area contributed by atoms with Gasteiger partial charge in [-0.15, -0.1) is 0 Å². The number of carbonyl (C=O) groups excluding carboxylic acids is 2. The third-order valence-corrected chi connectivity index (χ3v) is 9.13. The van der Waals surface area contributed by atoms with Crippen molar-refractivity contribution in [3.63, 3.8) is 0 Å². The molecule has 1 N–H and O–H groups in total. The van der Waals surface area contributed by atoms with Crippen molar-refractivity contribution < 1.29 is 45.2 Å². The van der Waals surface area contributed by atoms with E-state index in [0.717, 1.165) is 11.1 Å². The molecule has 0 fully saturated rings. The number of ether oxygens (including phenoxy) is 2. The first-order valence-electron chi connectivity index (χ1n) is 12.4. The molecule has 2 aromatic carbocycles. The molecule has 0 aliphatic carbocycles. The summed E-state index contributed by atoms with van der Waals surface area (Å²) in [7, 11) is 0.194. The molecule has 0 aromatic heterocycles. The Hall–Kier alpha value is -2.51. The van der Waals surface area contributed by atoms with Crippen LogP contribution in [-0.4, -0.2) is 60.3 Å². The Kier molecular flexibility index (Phi) is 16.8. The van der Waals surface area contributed by atoms with Gasteiger partial charge in [0.05, 0.1) is 47.0 Å². The minimum atomic E-state index is -3.91.